The van der Waals surface area contributed by atoms with Crippen LogP contribution in [0, 0.1) is 0 Å². The topological polar surface area (TPSA) is 94.6 Å². The summed E-state index contributed by atoms with van der Waals surface area (Å²) in [5, 5.41) is 4.62. The van der Waals surface area contributed by atoms with Crippen LogP contribution < -0.4 is 10.2 Å². The third-order valence-corrected chi connectivity index (χ3v) is 6.93. The maximum Gasteiger partial charge on any atom is 0.227 e. The first-order valence-electron chi connectivity index (χ1n) is 12.1. The van der Waals surface area contributed by atoms with Crippen molar-refractivity contribution in [2.75, 3.05) is 36.4 Å². The fourth-order valence-corrected chi connectivity index (χ4v) is 4.90. The molecule has 0 spiro atoms. The molecule has 1 unspecified atom stereocenters. The highest BCUT2D eigenvalue weighted by Crippen LogP contribution is 2.37. The van der Waals surface area contributed by atoms with E-state index in [1.807, 2.05) is 17.0 Å². The van der Waals surface area contributed by atoms with Gasteiger partial charge in [0.15, 0.2) is 0 Å². The van der Waals surface area contributed by atoms with Crippen LogP contribution >= 0.6 is 0 Å². The molecule has 1 saturated heterocycles. The first-order chi connectivity index (χ1) is 16.9. The summed E-state index contributed by atoms with van der Waals surface area (Å²) in [6.45, 7) is 9.60. The molecule has 3 aromatic rings. The van der Waals surface area contributed by atoms with Crippen LogP contribution in [0.3, 0.4) is 0 Å². The maximum absolute atomic E-state index is 12.1. The third-order valence-electron chi connectivity index (χ3n) is 6.93. The number of aromatic nitrogens is 3. The zero-order valence-corrected chi connectivity index (χ0v) is 20.4. The molecule has 2 aromatic heterocycles. The van der Waals surface area contributed by atoms with Crippen molar-refractivity contribution >= 4 is 34.9 Å². The molecule has 0 saturated carbocycles. The summed E-state index contributed by atoms with van der Waals surface area (Å²) in [5.41, 5.74) is 3.84. The van der Waals surface area contributed by atoms with Crippen LogP contribution in [-0.2, 0) is 22.7 Å². The number of anilines is 2. The van der Waals surface area contributed by atoms with E-state index in [0.717, 1.165) is 39.8 Å². The van der Waals surface area contributed by atoms with Crippen molar-refractivity contribution in [3.05, 3.63) is 53.3 Å². The second-order valence-electron chi connectivity index (χ2n) is 9.46. The highest BCUT2D eigenvalue weighted by Gasteiger charge is 2.36. The molecular formula is C26H31N7O2. The minimum absolute atomic E-state index is 0.0843. The summed E-state index contributed by atoms with van der Waals surface area (Å²) in [6, 6.07) is 10.0. The Morgan fingerprint density at radius 2 is 1.97 bits per heavy atom. The van der Waals surface area contributed by atoms with E-state index in [4.69, 9.17) is 9.97 Å². The van der Waals surface area contributed by atoms with Gasteiger partial charge in [-0.05, 0) is 37.6 Å². The van der Waals surface area contributed by atoms with Gasteiger partial charge in [-0.1, -0.05) is 12.1 Å². The lowest BCUT2D eigenvalue weighted by atomic mass is 10.1. The number of piperazine rings is 1. The number of nitrogens with zero attached hydrogens (tertiary/aromatic N) is 6. The fraction of sp³-hybridized carbons (Fsp3) is 0.423. The smallest absolute Gasteiger partial charge is 0.227 e. The molecule has 1 fully saturated rings. The van der Waals surface area contributed by atoms with Crippen molar-refractivity contribution in [3.63, 3.8) is 0 Å². The lowest BCUT2D eigenvalue weighted by Crippen LogP contribution is -2.48. The van der Waals surface area contributed by atoms with Crippen LogP contribution in [0.25, 0.3) is 10.9 Å². The van der Waals surface area contributed by atoms with Gasteiger partial charge in [-0.15, -0.1) is 0 Å². The number of amides is 1. The molecule has 2 aliphatic rings. The molecule has 4 heterocycles. The summed E-state index contributed by atoms with van der Waals surface area (Å²) >= 11 is 0. The summed E-state index contributed by atoms with van der Waals surface area (Å²) in [5.74, 6) is 1.45. The Labute approximate surface area is 205 Å². The van der Waals surface area contributed by atoms with E-state index in [9.17, 15) is 9.59 Å². The minimum atomic E-state index is -0.391. The summed E-state index contributed by atoms with van der Waals surface area (Å²) in [6.07, 6.45) is 2.78. The molecule has 2 aliphatic heterocycles. The minimum Gasteiger partial charge on any atom is -0.366 e. The predicted octanol–water partition coefficient (Wildman–Crippen LogP) is 2.77. The molecule has 9 heteroatoms. The number of pyridine rings is 1. The van der Waals surface area contributed by atoms with Crippen molar-refractivity contribution in [1.29, 1.82) is 0 Å². The largest absolute Gasteiger partial charge is 0.366 e. The Balaban J connectivity index is 1.45. The molecule has 5 rings (SSSR count). The van der Waals surface area contributed by atoms with Gasteiger partial charge in [-0.3, -0.25) is 14.7 Å². The van der Waals surface area contributed by atoms with Crippen molar-refractivity contribution in [2.45, 2.75) is 45.9 Å². The van der Waals surface area contributed by atoms with Gasteiger partial charge in [0.2, 0.25) is 11.9 Å². The average molecular weight is 474 g/mol. The number of aldehydes is 1. The van der Waals surface area contributed by atoms with Crippen LogP contribution in [-0.4, -0.2) is 69.2 Å². The van der Waals surface area contributed by atoms with E-state index in [-0.39, 0.29) is 11.9 Å². The molecule has 0 radical (unpaired) electrons. The first-order valence-corrected chi connectivity index (χ1v) is 12.1. The van der Waals surface area contributed by atoms with E-state index in [1.54, 1.807) is 13.1 Å². The number of carbonyl (C=O) groups excluding carboxylic acids is 2. The highest BCUT2D eigenvalue weighted by atomic mass is 16.2. The zero-order chi connectivity index (χ0) is 24.5. The van der Waals surface area contributed by atoms with Crippen LogP contribution in [0.5, 0.6) is 0 Å². The fourth-order valence-electron chi connectivity index (χ4n) is 4.90. The van der Waals surface area contributed by atoms with Crippen LogP contribution in [0.15, 0.2) is 36.5 Å². The summed E-state index contributed by atoms with van der Waals surface area (Å²) < 4.78 is 0. The average Bonchev–Trinajstić information content (AvgIpc) is 3.26. The van der Waals surface area contributed by atoms with E-state index in [1.165, 1.54) is 0 Å². The number of fused-ring (bicyclic) bond motifs is 2. The molecule has 1 atom stereocenters. The van der Waals surface area contributed by atoms with E-state index < -0.39 is 6.04 Å². The van der Waals surface area contributed by atoms with Crippen molar-refractivity contribution in [2.24, 2.45) is 0 Å². The number of hydrogen-bond acceptors (Lipinski definition) is 8. The summed E-state index contributed by atoms with van der Waals surface area (Å²) in [4.78, 5) is 44.2. The van der Waals surface area contributed by atoms with E-state index >= 15 is 0 Å². The lowest BCUT2D eigenvalue weighted by Gasteiger charge is -2.34. The van der Waals surface area contributed by atoms with Gasteiger partial charge in [0.05, 0.1) is 11.2 Å². The van der Waals surface area contributed by atoms with Crippen LogP contribution in [0.4, 0.5) is 11.8 Å². The Morgan fingerprint density at radius 1 is 1.17 bits per heavy atom. The molecular weight excluding hydrogens is 442 g/mol. The number of nitrogens with one attached hydrogen (secondary N) is 1. The standard InChI is InChI=1S/C26H31N7O2/c1-17(2)33-15-21-24(23(33)16-34)29-26(32-11-9-31(10-12-32)18(3)35)30-25(21)28-14-19-6-7-22-20(13-19)5-4-8-27-22/h4-8,13,16-17,23H,9-12,14-15H2,1-3H3,(H,28,29,30). The van der Waals surface area contributed by atoms with Gasteiger partial charge in [0.25, 0.3) is 0 Å². The molecule has 1 aromatic carbocycles. The predicted molar refractivity (Wildman–Crippen MR) is 135 cm³/mol. The lowest BCUT2D eigenvalue weighted by molar-refractivity contribution is -0.129. The van der Waals surface area contributed by atoms with Crippen LogP contribution in [0.2, 0.25) is 0 Å². The number of carbonyl (C=O) groups is 2. The maximum atomic E-state index is 12.1. The van der Waals surface area contributed by atoms with Gasteiger partial charge in [-0.25, -0.2) is 4.98 Å². The molecule has 0 aliphatic carbocycles. The third kappa shape index (κ3) is 4.55. The van der Waals surface area contributed by atoms with Crippen molar-refractivity contribution in [1.82, 2.24) is 24.8 Å². The monoisotopic (exact) mass is 473 g/mol. The molecule has 0 bridgehead atoms. The zero-order valence-electron chi connectivity index (χ0n) is 20.4. The van der Waals surface area contributed by atoms with Crippen LogP contribution in [0.1, 0.15) is 43.6 Å². The quantitative estimate of drug-likeness (QED) is 0.546. The number of rotatable bonds is 6. The normalized spacial score (nSPS) is 18.2. The highest BCUT2D eigenvalue weighted by molar-refractivity contribution is 5.79. The van der Waals surface area contributed by atoms with Gasteiger partial charge in [0, 0.05) is 69.4 Å². The van der Waals surface area contributed by atoms with Gasteiger partial charge in [0.1, 0.15) is 18.1 Å². The molecule has 35 heavy (non-hydrogen) atoms. The Bertz CT molecular complexity index is 1250. The van der Waals surface area contributed by atoms with Gasteiger partial charge >= 0.3 is 0 Å². The first kappa shape index (κ1) is 23.2. The van der Waals surface area contributed by atoms with E-state index in [0.29, 0.717) is 45.2 Å². The van der Waals surface area contributed by atoms with Gasteiger partial charge in [-0.2, -0.15) is 4.98 Å². The van der Waals surface area contributed by atoms with Crippen molar-refractivity contribution in [3.8, 4) is 0 Å². The summed E-state index contributed by atoms with van der Waals surface area (Å²) in [7, 11) is 0. The molecule has 9 nitrogen and oxygen atoms in total. The van der Waals surface area contributed by atoms with Gasteiger partial charge < -0.3 is 19.9 Å². The Morgan fingerprint density at radius 3 is 2.69 bits per heavy atom. The Hall–Kier alpha value is -3.59. The second-order valence-corrected chi connectivity index (χ2v) is 9.46. The second kappa shape index (κ2) is 9.58. The number of benzene rings is 1. The molecule has 1 N–H and O–H groups in total. The van der Waals surface area contributed by atoms with Crippen molar-refractivity contribution < 1.29 is 9.59 Å². The SMILES string of the molecule is CC(=O)N1CCN(c2nc(NCc3ccc4ncccc4c3)c3c(n2)C(C=O)N(C(C)C)C3)CC1. The number of hydrogen-bond donors (Lipinski definition) is 1. The molecule has 1 amide bonds. The van der Waals surface area contributed by atoms with E-state index in [2.05, 4.69) is 52.1 Å². The Kier molecular flexibility index (Phi) is 6.34. The molecule has 182 valence electrons.